The van der Waals surface area contributed by atoms with E-state index in [0.717, 1.165) is 25.7 Å². The van der Waals surface area contributed by atoms with Crippen molar-refractivity contribution in [2.45, 2.75) is 31.7 Å². The number of carbonyl (C=O) groups is 2. The number of hydrogen-bond acceptors (Lipinski definition) is 3. The van der Waals surface area contributed by atoms with Crippen LogP contribution in [0.2, 0.25) is 5.02 Å². The van der Waals surface area contributed by atoms with Crippen molar-refractivity contribution < 1.29 is 14.3 Å². The summed E-state index contributed by atoms with van der Waals surface area (Å²) in [6.07, 6.45) is 3.38. The van der Waals surface area contributed by atoms with Crippen molar-refractivity contribution in [3.8, 4) is 0 Å². The number of amides is 2. The highest BCUT2D eigenvalue weighted by molar-refractivity contribution is 6.30. The van der Waals surface area contributed by atoms with Gasteiger partial charge in [0, 0.05) is 48.8 Å². The van der Waals surface area contributed by atoms with Crippen LogP contribution in [0.4, 0.5) is 4.79 Å². The van der Waals surface area contributed by atoms with Gasteiger partial charge in [0.15, 0.2) is 5.78 Å². The van der Waals surface area contributed by atoms with Gasteiger partial charge >= 0.3 is 6.03 Å². The first-order valence-corrected chi connectivity index (χ1v) is 8.94. The van der Waals surface area contributed by atoms with E-state index in [1.165, 1.54) is 0 Å². The van der Waals surface area contributed by atoms with Crippen molar-refractivity contribution in [2.24, 2.45) is 5.92 Å². The molecule has 2 aliphatic heterocycles. The van der Waals surface area contributed by atoms with E-state index < -0.39 is 0 Å². The number of likely N-dealkylation sites (tertiary alicyclic amines) is 1. The second-order valence-electron chi connectivity index (χ2n) is 6.49. The molecule has 1 aromatic carbocycles. The number of halogens is 1. The van der Waals surface area contributed by atoms with Gasteiger partial charge in [-0.25, -0.2) is 4.79 Å². The standard InChI is InChI=1S/C18H23ClN2O3/c19-15-5-3-13(4-6-15)17(22)14-2-1-9-21(12-14)18(23)20-16-7-10-24-11-8-16/h3-6,14,16H,1-2,7-12H2,(H,20,23). The van der Waals surface area contributed by atoms with Crippen LogP contribution in [0.1, 0.15) is 36.0 Å². The minimum Gasteiger partial charge on any atom is -0.381 e. The Morgan fingerprint density at radius 3 is 2.54 bits per heavy atom. The Morgan fingerprint density at radius 1 is 1.12 bits per heavy atom. The van der Waals surface area contributed by atoms with Crippen LogP contribution in [-0.4, -0.2) is 49.1 Å². The molecule has 0 bridgehead atoms. The van der Waals surface area contributed by atoms with Gasteiger partial charge in [0.2, 0.25) is 0 Å². The highest BCUT2D eigenvalue weighted by atomic mass is 35.5. The number of urea groups is 1. The summed E-state index contributed by atoms with van der Waals surface area (Å²) in [4.78, 5) is 26.9. The zero-order chi connectivity index (χ0) is 16.9. The van der Waals surface area contributed by atoms with Crippen molar-refractivity contribution >= 4 is 23.4 Å². The first-order chi connectivity index (χ1) is 11.6. The van der Waals surface area contributed by atoms with Crippen LogP contribution in [-0.2, 0) is 4.74 Å². The van der Waals surface area contributed by atoms with Gasteiger partial charge in [-0.05, 0) is 49.9 Å². The fourth-order valence-corrected chi connectivity index (χ4v) is 3.46. The molecule has 5 nitrogen and oxygen atoms in total. The van der Waals surface area contributed by atoms with E-state index >= 15 is 0 Å². The quantitative estimate of drug-likeness (QED) is 0.852. The lowest BCUT2D eigenvalue weighted by Gasteiger charge is -2.34. The number of Topliss-reactive ketones (excluding diaryl/α,β-unsaturated/α-hetero) is 1. The zero-order valence-electron chi connectivity index (χ0n) is 13.7. The number of benzene rings is 1. The summed E-state index contributed by atoms with van der Waals surface area (Å²) >= 11 is 5.88. The predicted molar refractivity (Wildman–Crippen MR) is 92.5 cm³/mol. The number of piperidine rings is 1. The molecule has 1 atom stereocenters. The van der Waals surface area contributed by atoms with Crippen molar-refractivity contribution in [1.29, 1.82) is 0 Å². The molecule has 6 heteroatoms. The molecule has 2 saturated heterocycles. The summed E-state index contributed by atoms with van der Waals surface area (Å²) in [7, 11) is 0. The SMILES string of the molecule is O=C(c1ccc(Cl)cc1)C1CCCN(C(=O)NC2CCOCC2)C1. The number of rotatable bonds is 3. The van der Waals surface area contributed by atoms with Crippen molar-refractivity contribution in [1.82, 2.24) is 10.2 Å². The minimum absolute atomic E-state index is 0.0597. The van der Waals surface area contributed by atoms with E-state index in [0.29, 0.717) is 36.9 Å². The molecule has 2 heterocycles. The molecule has 0 aliphatic carbocycles. The van der Waals surface area contributed by atoms with Gasteiger partial charge in [0.05, 0.1) is 0 Å². The molecule has 2 amide bonds. The summed E-state index contributed by atoms with van der Waals surface area (Å²) in [6, 6.07) is 7.09. The molecule has 1 aromatic rings. The topological polar surface area (TPSA) is 58.6 Å². The first-order valence-electron chi connectivity index (χ1n) is 8.56. The molecule has 0 aromatic heterocycles. The Hall–Kier alpha value is -1.59. The molecule has 2 fully saturated rings. The Kier molecular flexibility index (Phi) is 5.74. The molecule has 0 radical (unpaired) electrons. The highest BCUT2D eigenvalue weighted by Crippen LogP contribution is 2.22. The monoisotopic (exact) mass is 350 g/mol. The maximum absolute atomic E-state index is 12.7. The highest BCUT2D eigenvalue weighted by Gasteiger charge is 2.30. The number of nitrogens with one attached hydrogen (secondary N) is 1. The van der Waals surface area contributed by atoms with Gasteiger partial charge < -0.3 is 15.0 Å². The van der Waals surface area contributed by atoms with Gasteiger partial charge in [-0.1, -0.05) is 11.6 Å². The maximum Gasteiger partial charge on any atom is 0.317 e. The smallest absolute Gasteiger partial charge is 0.317 e. The van der Waals surface area contributed by atoms with Gasteiger partial charge in [-0.2, -0.15) is 0 Å². The van der Waals surface area contributed by atoms with Gasteiger partial charge in [0.1, 0.15) is 0 Å². The molecule has 1 N–H and O–H groups in total. The average Bonchev–Trinajstić information content (AvgIpc) is 2.63. The minimum atomic E-state index is -0.139. The third kappa shape index (κ3) is 4.28. The second-order valence-corrected chi connectivity index (χ2v) is 6.93. The van der Waals surface area contributed by atoms with Gasteiger partial charge in [-0.15, -0.1) is 0 Å². The lowest BCUT2D eigenvalue weighted by molar-refractivity contribution is 0.0750. The Morgan fingerprint density at radius 2 is 1.83 bits per heavy atom. The van der Waals surface area contributed by atoms with E-state index in [1.54, 1.807) is 29.2 Å². The summed E-state index contributed by atoms with van der Waals surface area (Å²) in [5, 5.41) is 3.69. The molecule has 1 unspecified atom stereocenters. The molecule has 24 heavy (non-hydrogen) atoms. The first kappa shape index (κ1) is 17.2. The lowest BCUT2D eigenvalue weighted by Crippen LogP contribution is -2.50. The molecular weight excluding hydrogens is 328 g/mol. The van der Waals surface area contributed by atoms with Crippen LogP contribution < -0.4 is 5.32 Å². The largest absolute Gasteiger partial charge is 0.381 e. The van der Waals surface area contributed by atoms with Crippen molar-refractivity contribution in [3.63, 3.8) is 0 Å². The van der Waals surface area contributed by atoms with Crippen LogP contribution >= 0.6 is 11.6 Å². The van der Waals surface area contributed by atoms with Crippen LogP contribution in [0, 0.1) is 5.92 Å². The summed E-state index contributed by atoms with van der Waals surface area (Å²) < 4.78 is 5.31. The molecule has 3 rings (SSSR count). The summed E-state index contributed by atoms with van der Waals surface area (Å²) in [5.41, 5.74) is 0.663. The van der Waals surface area contributed by atoms with Crippen LogP contribution in [0.3, 0.4) is 0 Å². The third-order valence-corrected chi connectivity index (χ3v) is 5.01. The van der Waals surface area contributed by atoms with Crippen LogP contribution in [0.25, 0.3) is 0 Å². The Balaban J connectivity index is 1.58. The Bertz CT molecular complexity index is 584. The molecule has 130 valence electrons. The maximum atomic E-state index is 12.7. The zero-order valence-corrected chi connectivity index (χ0v) is 14.4. The molecular formula is C18H23ClN2O3. The Labute approximate surface area is 147 Å². The van der Waals surface area contributed by atoms with Crippen molar-refractivity contribution in [2.75, 3.05) is 26.3 Å². The molecule has 0 saturated carbocycles. The fraction of sp³-hybridized carbons (Fsp3) is 0.556. The summed E-state index contributed by atoms with van der Waals surface area (Å²) in [6.45, 7) is 2.58. The van der Waals surface area contributed by atoms with E-state index in [4.69, 9.17) is 16.3 Å². The summed E-state index contributed by atoms with van der Waals surface area (Å²) in [5.74, 6) is -0.0457. The van der Waals surface area contributed by atoms with E-state index in [-0.39, 0.29) is 23.8 Å². The number of nitrogens with zero attached hydrogens (tertiary/aromatic N) is 1. The average molecular weight is 351 g/mol. The predicted octanol–water partition coefficient (Wildman–Crippen LogP) is 3.12. The van der Waals surface area contributed by atoms with E-state index in [2.05, 4.69) is 5.32 Å². The number of hydrogen-bond donors (Lipinski definition) is 1. The second kappa shape index (κ2) is 7.99. The van der Waals surface area contributed by atoms with Gasteiger partial charge in [-0.3, -0.25) is 4.79 Å². The van der Waals surface area contributed by atoms with Crippen LogP contribution in [0.5, 0.6) is 0 Å². The lowest BCUT2D eigenvalue weighted by atomic mass is 9.90. The van der Waals surface area contributed by atoms with Gasteiger partial charge in [0.25, 0.3) is 0 Å². The normalized spacial score (nSPS) is 22.2. The van der Waals surface area contributed by atoms with E-state index in [9.17, 15) is 9.59 Å². The number of ether oxygens (including phenoxy) is 1. The number of carbonyl (C=O) groups excluding carboxylic acids is 2. The third-order valence-electron chi connectivity index (χ3n) is 4.76. The fourth-order valence-electron chi connectivity index (χ4n) is 3.33. The van der Waals surface area contributed by atoms with Crippen molar-refractivity contribution in [3.05, 3.63) is 34.9 Å². The molecule has 2 aliphatic rings. The molecule has 0 spiro atoms. The van der Waals surface area contributed by atoms with Crippen LogP contribution in [0.15, 0.2) is 24.3 Å². The van der Waals surface area contributed by atoms with E-state index in [1.807, 2.05) is 0 Å². The number of ketones is 1.